The van der Waals surface area contributed by atoms with Crippen molar-refractivity contribution in [1.82, 2.24) is 5.32 Å². The number of hydrogen-bond acceptors (Lipinski definition) is 5. The van der Waals surface area contributed by atoms with Crippen molar-refractivity contribution >= 4 is 21.6 Å². The summed E-state index contributed by atoms with van der Waals surface area (Å²) in [5.41, 5.74) is 0.815. The predicted octanol–water partition coefficient (Wildman–Crippen LogP) is 3.27. The highest BCUT2D eigenvalue weighted by atomic mass is 32.2. The van der Waals surface area contributed by atoms with E-state index in [0.29, 0.717) is 24.5 Å². The quantitative estimate of drug-likeness (QED) is 0.726. The Morgan fingerprint density at radius 3 is 2.67 bits per heavy atom. The van der Waals surface area contributed by atoms with Gasteiger partial charge in [-0.3, -0.25) is 9.10 Å². The summed E-state index contributed by atoms with van der Waals surface area (Å²) in [6.07, 6.45) is 1.66. The molecule has 30 heavy (non-hydrogen) atoms. The molecule has 0 spiro atoms. The van der Waals surface area contributed by atoms with Crippen molar-refractivity contribution in [1.29, 1.82) is 0 Å². The maximum Gasteiger partial charge on any atom is 0.241 e. The number of carbonyl (C=O) groups is 1. The Morgan fingerprint density at radius 2 is 1.97 bits per heavy atom. The molecule has 0 saturated heterocycles. The van der Waals surface area contributed by atoms with Crippen molar-refractivity contribution in [3.8, 4) is 11.5 Å². The average Bonchev–Trinajstić information content (AvgIpc) is 2.65. The molecule has 0 radical (unpaired) electrons. The fraction of sp³-hybridized carbons (Fsp3) is 0.409. The van der Waals surface area contributed by atoms with Gasteiger partial charge in [-0.2, -0.15) is 0 Å². The molecule has 3 rings (SSSR count). The average molecular weight is 433 g/mol. The molecule has 1 heterocycles. The van der Waals surface area contributed by atoms with Crippen LogP contribution in [0.1, 0.15) is 38.8 Å². The Hall–Kier alpha value is -2.74. The number of hydrogen-bond donors (Lipinski definition) is 1. The molecule has 1 amide bonds. The molecule has 162 valence electrons. The van der Waals surface area contributed by atoms with Crippen molar-refractivity contribution in [3.63, 3.8) is 0 Å². The maximum absolute atomic E-state index is 12.9. The number of fused-ring (bicyclic) bond motifs is 1. The van der Waals surface area contributed by atoms with E-state index in [-0.39, 0.29) is 18.5 Å². The van der Waals surface area contributed by atoms with Crippen LogP contribution in [0.5, 0.6) is 11.5 Å². The molecule has 2 aromatic carbocycles. The van der Waals surface area contributed by atoms with Crippen LogP contribution in [0.25, 0.3) is 0 Å². The lowest BCUT2D eigenvalue weighted by molar-refractivity contribution is -0.120. The van der Waals surface area contributed by atoms with Crippen molar-refractivity contribution in [2.24, 2.45) is 0 Å². The molecule has 1 atom stereocenters. The van der Waals surface area contributed by atoms with E-state index in [0.717, 1.165) is 21.9 Å². The number of benzene rings is 2. The lowest BCUT2D eigenvalue weighted by Gasteiger charge is -2.38. The van der Waals surface area contributed by atoms with Crippen LogP contribution < -0.4 is 19.1 Å². The Bertz CT molecular complexity index is 1020. The van der Waals surface area contributed by atoms with Crippen LogP contribution >= 0.6 is 0 Å². The van der Waals surface area contributed by atoms with Crippen LogP contribution in [0, 0.1) is 0 Å². The summed E-state index contributed by atoms with van der Waals surface area (Å²) >= 11 is 0. The third-order valence-electron chi connectivity index (χ3n) is 4.82. The zero-order valence-corrected chi connectivity index (χ0v) is 18.5. The molecular formula is C22H28N2O5S. The third kappa shape index (κ3) is 5.24. The first-order valence-electron chi connectivity index (χ1n) is 9.87. The van der Waals surface area contributed by atoms with Gasteiger partial charge in [0.25, 0.3) is 0 Å². The molecule has 7 nitrogen and oxygen atoms in total. The molecule has 0 fully saturated rings. The second-order valence-corrected chi connectivity index (χ2v) is 9.83. The van der Waals surface area contributed by atoms with E-state index in [2.05, 4.69) is 5.32 Å². The third-order valence-corrected chi connectivity index (χ3v) is 5.96. The van der Waals surface area contributed by atoms with Gasteiger partial charge >= 0.3 is 0 Å². The molecule has 1 N–H and O–H groups in total. The van der Waals surface area contributed by atoms with Crippen LogP contribution in [-0.4, -0.2) is 39.3 Å². The Morgan fingerprint density at radius 1 is 1.23 bits per heavy atom. The number of nitrogens with one attached hydrogen (secondary N) is 1. The number of ether oxygens (including phenoxy) is 2. The van der Waals surface area contributed by atoms with Gasteiger partial charge in [0, 0.05) is 18.1 Å². The summed E-state index contributed by atoms with van der Waals surface area (Å²) in [5.74, 6) is 0.882. The number of nitrogens with zero attached hydrogens (tertiary/aromatic N) is 1. The number of para-hydroxylation sites is 1. The Labute approximate surface area is 178 Å². The van der Waals surface area contributed by atoms with E-state index in [1.807, 2.05) is 45.0 Å². The van der Waals surface area contributed by atoms with Gasteiger partial charge in [-0.25, -0.2) is 8.42 Å². The van der Waals surface area contributed by atoms with E-state index in [1.165, 1.54) is 0 Å². The summed E-state index contributed by atoms with van der Waals surface area (Å²) in [6, 6.07) is 14.0. The van der Waals surface area contributed by atoms with Crippen LogP contribution in [-0.2, 0) is 14.8 Å². The molecule has 0 saturated carbocycles. The molecular weight excluding hydrogens is 404 g/mol. The van der Waals surface area contributed by atoms with Gasteiger partial charge in [0.15, 0.2) is 0 Å². The first kappa shape index (κ1) is 22.0. The van der Waals surface area contributed by atoms with Crippen molar-refractivity contribution in [2.45, 2.75) is 38.8 Å². The van der Waals surface area contributed by atoms with Gasteiger partial charge in [0.05, 0.1) is 24.6 Å². The Kier molecular flexibility index (Phi) is 6.26. The second kappa shape index (κ2) is 8.55. The molecule has 0 aliphatic carbocycles. The summed E-state index contributed by atoms with van der Waals surface area (Å²) in [6.45, 7) is 5.91. The minimum atomic E-state index is -3.68. The molecule has 0 aromatic heterocycles. The number of rotatable bonds is 7. The molecule has 0 bridgehead atoms. The van der Waals surface area contributed by atoms with E-state index < -0.39 is 15.6 Å². The lowest BCUT2D eigenvalue weighted by atomic mass is 9.89. The van der Waals surface area contributed by atoms with Gasteiger partial charge in [-0.15, -0.1) is 0 Å². The van der Waals surface area contributed by atoms with Crippen LogP contribution in [0.4, 0.5) is 5.69 Å². The highest BCUT2D eigenvalue weighted by molar-refractivity contribution is 7.92. The molecule has 1 aliphatic heterocycles. The van der Waals surface area contributed by atoms with Crippen LogP contribution in [0.15, 0.2) is 48.5 Å². The minimum Gasteiger partial charge on any atom is -0.494 e. The zero-order chi connectivity index (χ0) is 21.9. The highest BCUT2D eigenvalue weighted by Gasteiger charge is 2.34. The topological polar surface area (TPSA) is 84.9 Å². The fourth-order valence-electron chi connectivity index (χ4n) is 3.60. The minimum absolute atomic E-state index is 0.270. The normalized spacial score (nSPS) is 17.4. The van der Waals surface area contributed by atoms with Crippen LogP contribution in [0.3, 0.4) is 0 Å². The molecule has 8 heteroatoms. The second-order valence-electron chi connectivity index (χ2n) is 7.92. The van der Waals surface area contributed by atoms with Gasteiger partial charge in [0.1, 0.15) is 23.6 Å². The molecule has 0 unspecified atom stereocenters. The largest absolute Gasteiger partial charge is 0.494 e. The smallest absolute Gasteiger partial charge is 0.241 e. The lowest BCUT2D eigenvalue weighted by Crippen LogP contribution is -2.45. The molecule has 1 aliphatic rings. The number of carbonyl (C=O) groups excluding carboxylic acids is 1. The predicted molar refractivity (Wildman–Crippen MR) is 116 cm³/mol. The summed E-state index contributed by atoms with van der Waals surface area (Å²) in [7, 11) is -3.68. The summed E-state index contributed by atoms with van der Waals surface area (Å²) in [5, 5.41) is 2.99. The number of anilines is 1. The van der Waals surface area contributed by atoms with Crippen LogP contribution in [0.2, 0.25) is 0 Å². The summed E-state index contributed by atoms with van der Waals surface area (Å²) < 4.78 is 37.4. The fourth-order valence-corrected chi connectivity index (χ4v) is 4.44. The van der Waals surface area contributed by atoms with Crippen molar-refractivity contribution in [2.75, 3.05) is 23.7 Å². The Balaban J connectivity index is 1.82. The first-order valence-corrected chi connectivity index (χ1v) is 11.7. The van der Waals surface area contributed by atoms with Gasteiger partial charge in [-0.1, -0.05) is 24.3 Å². The maximum atomic E-state index is 12.9. The highest BCUT2D eigenvalue weighted by Crippen LogP contribution is 2.39. The number of amides is 1. The first-order chi connectivity index (χ1) is 14.1. The SMILES string of the molecule is CCOc1cccc(N(CC(=O)N[C@H]2CC(C)(C)Oc3ccccc32)S(C)(=O)=O)c1. The van der Waals surface area contributed by atoms with E-state index in [1.54, 1.807) is 24.3 Å². The zero-order valence-electron chi connectivity index (χ0n) is 17.7. The van der Waals surface area contributed by atoms with Gasteiger partial charge in [-0.05, 0) is 39.0 Å². The van der Waals surface area contributed by atoms with E-state index >= 15 is 0 Å². The molecule has 2 aromatic rings. The van der Waals surface area contributed by atoms with Gasteiger partial charge < -0.3 is 14.8 Å². The standard InChI is InChI=1S/C22H28N2O5S/c1-5-28-17-10-8-9-16(13-17)24(30(4,26)27)15-21(25)23-19-14-22(2,3)29-20-12-7-6-11-18(19)20/h6-13,19H,5,14-15H2,1-4H3,(H,23,25)/t19-/m0/s1. The van der Waals surface area contributed by atoms with E-state index in [9.17, 15) is 13.2 Å². The summed E-state index contributed by atoms with van der Waals surface area (Å²) in [4.78, 5) is 12.9. The number of sulfonamides is 1. The van der Waals surface area contributed by atoms with Crippen molar-refractivity contribution < 1.29 is 22.7 Å². The monoisotopic (exact) mass is 432 g/mol. The van der Waals surface area contributed by atoms with Crippen molar-refractivity contribution in [3.05, 3.63) is 54.1 Å². The van der Waals surface area contributed by atoms with E-state index in [4.69, 9.17) is 9.47 Å². The van der Waals surface area contributed by atoms with Gasteiger partial charge in [0.2, 0.25) is 15.9 Å².